The minimum absolute atomic E-state index is 0.0610. The number of benzene rings is 2. The summed E-state index contributed by atoms with van der Waals surface area (Å²) in [5.74, 6) is 1.54. The monoisotopic (exact) mass is 416 g/mol. The fourth-order valence-electron chi connectivity index (χ4n) is 3.95. The number of carbonyl (C=O) groups is 1. The zero-order valence-corrected chi connectivity index (χ0v) is 17.6. The van der Waals surface area contributed by atoms with Crippen LogP contribution in [0.2, 0.25) is 0 Å². The zero-order chi connectivity index (χ0) is 21.4. The Balaban J connectivity index is 1.52. The first-order chi connectivity index (χ1) is 15.1. The number of methoxy groups -OCH3 is 1. The molecule has 1 amide bonds. The van der Waals surface area contributed by atoms with Crippen molar-refractivity contribution in [1.29, 1.82) is 0 Å². The van der Waals surface area contributed by atoms with Crippen LogP contribution < -0.4 is 10.1 Å². The molecule has 0 radical (unpaired) electrons. The number of fused-ring (bicyclic) bond motifs is 3. The quantitative estimate of drug-likeness (QED) is 0.531. The standard InChI is InChI=1S/C23H24N6O2/c1-28-9-11-29(12-10-28)23(30)15-3-8-19-18(13-15)20-21(24-14-25-22(20)27-19)26-16-4-6-17(31-2)7-5-16/h3-8,13-14H,9-12H2,1-2H3,(H2,24,25,26,27). The third kappa shape index (κ3) is 3.66. The van der Waals surface area contributed by atoms with Gasteiger partial charge in [0.05, 0.1) is 12.5 Å². The normalized spacial score (nSPS) is 14.8. The van der Waals surface area contributed by atoms with Gasteiger partial charge in [0.25, 0.3) is 5.91 Å². The van der Waals surface area contributed by atoms with Gasteiger partial charge in [-0.15, -0.1) is 0 Å². The number of aromatic amines is 1. The number of nitrogens with one attached hydrogen (secondary N) is 2. The van der Waals surface area contributed by atoms with E-state index in [2.05, 4.69) is 32.2 Å². The predicted octanol–water partition coefficient (Wildman–Crippen LogP) is 3.25. The van der Waals surface area contributed by atoms with Crippen molar-refractivity contribution in [3.8, 4) is 5.75 Å². The van der Waals surface area contributed by atoms with Crippen LogP contribution in [0.1, 0.15) is 10.4 Å². The highest BCUT2D eigenvalue weighted by atomic mass is 16.5. The molecule has 1 fully saturated rings. The van der Waals surface area contributed by atoms with E-state index < -0.39 is 0 Å². The molecule has 31 heavy (non-hydrogen) atoms. The van der Waals surface area contributed by atoms with Gasteiger partial charge >= 0.3 is 0 Å². The highest BCUT2D eigenvalue weighted by Gasteiger charge is 2.21. The number of aromatic nitrogens is 3. The Morgan fingerprint density at radius 2 is 1.84 bits per heavy atom. The molecule has 8 nitrogen and oxygen atoms in total. The van der Waals surface area contributed by atoms with Crippen LogP contribution in [-0.4, -0.2) is 71.0 Å². The van der Waals surface area contributed by atoms with Crippen molar-refractivity contribution in [3.63, 3.8) is 0 Å². The van der Waals surface area contributed by atoms with Crippen LogP contribution in [0.5, 0.6) is 5.75 Å². The first-order valence-corrected chi connectivity index (χ1v) is 10.3. The number of H-pyrrole nitrogens is 1. The van der Waals surface area contributed by atoms with Crippen LogP contribution in [0.3, 0.4) is 0 Å². The topological polar surface area (TPSA) is 86.4 Å². The summed E-state index contributed by atoms with van der Waals surface area (Å²) < 4.78 is 5.23. The SMILES string of the molecule is COc1ccc(Nc2ncnc3[nH]c4ccc(C(=O)N5CCN(C)CC5)cc4c23)cc1. The van der Waals surface area contributed by atoms with Gasteiger partial charge in [0.1, 0.15) is 23.5 Å². The van der Waals surface area contributed by atoms with Crippen LogP contribution >= 0.6 is 0 Å². The van der Waals surface area contributed by atoms with E-state index in [4.69, 9.17) is 4.74 Å². The summed E-state index contributed by atoms with van der Waals surface area (Å²) >= 11 is 0. The summed E-state index contributed by atoms with van der Waals surface area (Å²) in [6.07, 6.45) is 1.53. The molecule has 0 bridgehead atoms. The molecule has 0 atom stereocenters. The molecule has 0 unspecified atom stereocenters. The van der Waals surface area contributed by atoms with Gasteiger partial charge in [0, 0.05) is 48.3 Å². The number of carbonyl (C=O) groups excluding carboxylic acids is 1. The molecular formula is C23H24N6O2. The lowest BCUT2D eigenvalue weighted by atomic mass is 10.1. The van der Waals surface area contributed by atoms with Crippen LogP contribution in [-0.2, 0) is 0 Å². The third-order valence-corrected chi connectivity index (χ3v) is 5.78. The van der Waals surface area contributed by atoms with Gasteiger partial charge in [-0.2, -0.15) is 0 Å². The van der Waals surface area contributed by atoms with Crippen LogP contribution in [0, 0.1) is 0 Å². The highest BCUT2D eigenvalue weighted by Crippen LogP contribution is 2.32. The minimum atomic E-state index is 0.0610. The van der Waals surface area contributed by atoms with Crippen molar-refractivity contribution in [1.82, 2.24) is 24.8 Å². The Morgan fingerprint density at radius 1 is 1.06 bits per heavy atom. The van der Waals surface area contributed by atoms with Crippen molar-refractivity contribution < 1.29 is 9.53 Å². The van der Waals surface area contributed by atoms with Crippen molar-refractivity contribution in [2.45, 2.75) is 0 Å². The highest BCUT2D eigenvalue weighted by molar-refractivity contribution is 6.13. The smallest absolute Gasteiger partial charge is 0.253 e. The van der Waals surface area contributed by atoms with E-state index in [9.17, 15) is 4.79 Å². The maximum absolute atomic E-state index is 13.1. The fraction of sp³-hybridized carbons (Fsp3) is 0.261. The molecule has 8 heteroatoms. The molecule has 2 aromatic carbocycles. The largest absolute Gasteiger partial charge is 0.497 e. The number of hydrogen-bond donors (Lipinski definition) is 2. The molecular weight excluding hydrogens is 392 g/mol. The lowest BCUT2D eigenvalue weighted by molar-refractivity contribution is 0.0664. The average molecular weight is 416 g/mol. The fourth-order valence-corrected chi connectivity index (χ4v) is 3.95. The number of hydrogen-bond acceptors (Lipinski definition) is 6. The molecule has 5 rings (SSSR count). The van der Waals surface area contributed by atoms with Crippen molar-refractivity contribution in [2.75, 3.05) is 45.7 Å². The second-order valence-corrected chi connectivity index (χ2v) is 7.78. The minimum Gasteiger partial charge on any atom is -0.497 e. The van der Waals surface area contributed by atoms with E-state index in [1.165, 1.54) is 6.33 Å². The van der Waals surface area contributed by atoms with Gasteiger partial charge in [0.15, 0.2) is 0 Å². The van der Waals surface area contributed by atoms with E-state index in [1.54, 1.807) is 7.11 Å². The van der Waals surface area contributed by atoms with Gasteiger partial charge in [-0.3, -0.25) is 4.79 Å². The Bertz CT molecular complexity index is 1240. The van der Waals surface area contributed by atoms with E-state index in [-0.39, 0.29) is 5.91 Å². The Morgan fingerprint density at radius 3 is 2.58 bits per heavy atom. The number of amides is 1. The van der Waals surface area contributed by atoms with Crippen molar-refractivity contribution in [2.24, 2.45) is 0 Å². The molecule has 4 aromatic rings. The number of piperazine rings is 1. The first kappa shape index (κ1) is 19.3. The molecule has 0 aliphatic carbocycles. The molecule has 2 N–H and O–H groups in total. The molecule has 1 aliphatic rings. The first-order valence-electron chi connectivity index (χ1n) is 10.3. The number of nitrogens with zero attached hydrogens (tertiary/aromatic N) is 4. The number of rotatable bonds is 4. The van der Waals surface area contributed by atoms with Crippen LogP contribution in [0.25, 0.3) is 21.9 Å². The summed E-state index contributed by atoms with van der Waals surface area (Å²) in [5, 5.41) is 5.15. The lowest BCUT2D eigenvalue weighted by Crippen LogP contribution is -2.47. The summed E-state index contributed by atoms with van der Waals surface area (Å²) in [5.41, 5.74) is 3.21. The van der Waals surface area contributed by atoms with Gasteiger partial charge in [-0.25, -0.2) is 9.97 Å². The summed E-state index contributed by atoms with van der Waals surface area (Å²) in [6, 6.07) is 13.4. The predicted molar refractivity (Wildman–Crippen MR) is 121 cm³/mol. The van der Waals surface area contributed by atoms with Gasteiger partial charge in [-0.1, -0.05) is 0 Å². The molecule has 0 saturated carbocycles. The number of ether oxygens (including phenoxy) is 1. The molecule has 158 valence electrons. The van der Waals surface area contributed by atoms with Crippen molar-refractivity contribution in [3.05, 3.63) is 54.4 Å². The Hall–Kier alpha value is -3.65. The number of likely N-dealkylation sites (N-methyl/N-ethyl adjacent to an activating group) is 1. The van der Waals surface area contributed by atoms with E-state index in [0.717, 1.165) is 59.6 Å². The molecule has 1 aliphatic heterocycles. The van der Waals surface area contributed by atoms with Gasteiger partial charge < -0.3 is 24.8 Å². The van der Waals surface area contributed by atoms with Crippen LogP contribution in [0.4, 0.5) is 11.5 Å². The second-order valence-electron chi connectivity index (χ2n) is 7.78. The maximum atomic E-state index is 13.1. The molecule has 1 saturated heterocycles. The number of anilines is 2. The Kier molecular flexibility index (Phi) is 4.91. The lowest BCUT2D eigenvalue weighted by Gasteiger charge is -2.32. The molecule has 3 heterocycles. The van der Waals surface area contributed by atoms with Crippen molar-refractivity contribution >= 4 is 39.3 Å². The third-order valence-electron chi connectivity index (χ3n) is 5.78. The summed E-state index contributed by atoms with van der Waals surface area (Å²) in [7, 11) is 3.72. The van der Waals surface area contributed by atoms with E-state index >= 15 is 0 Å². The van der Waals surface area contributed by atoms with E-state index in [1.807, 2.05) is 47.4 Å². The molecule has 0 spiro atoms. The van der Waals surface area contributed by atoms with E-state index in [0.29, 0.717) is 11.4 Å². The average Bonchev–Trinajstić information content (AvgIpc) is 3.18. The Labute approximate surface area is 179 Å². The summed E-state index contributed by atoms with van der Waals surface area (Å²) in [4.78, 5) is 29.4. The van der Waals surface area contributed by atoms with Gasteiger partial charge in [-0.05, 0) is 49.5 Å². The van der Waals surface area contributed by atoms with Crippen LogP contribution in [0.15, 0.2) is 48.8 Å². The maximum Gasteiger partial charge on any atom is 0.253 e. The second kappa shape index (κ2) is 7.88. The summed E-state index contributed by atoms with van der Waals surface area (Å²) in [6.45, 7) is 3.28. The molecule has 2 aromatic heterocycles. The van der Waals surface area contributed by atoms with Gasteiger partial charge in [0.2, 0.25) is 0 Å². The zero-order valence-electron chi connectivity index (χ0n) is 17.6.